The number of hydrogen-bond acceptors (Lipinski definition) is 2. The Morgan fingerprint density at radius 3 is 2.71 bits per heavy atom. The van der Waals surface area contributed by atoms with Gasteiger partial charge in [0.25, 0.3) is 0 Å². The number of para-hydroxylation sites is 1. The zero-order valence-corrected chi connectivity index (χ0v) is 14.0. The smallest absolute Gasteiger partial charge is 0.144 e. The largest absolute Gasteiger partial charge is 0.494 e. The van der Waals surface area contributed by atoms with Gasteiger partial charge in [-0.3, -0.25) is 0 Å². The minimum Gasteiger partial charge on any atom is -0.494 e. The van der Waals surface area contributed by atoms with Gasteiger partial charge in [0.2, 0.25) is 0 Å². The van der Waals surface area contributed by atoms with E-state index < -0.39 is 0 Å². The number of H-pyrrole nitrogens is 2. The summed E-state index contributed by atoms with van der Waals surface area (Å²) in [5, 5.41) is 4.03. The summed E-state index contributed by atoms with van der Waals surface area (Å²) < 4.78 is 5.54. The van der Waals surface area contributed by atoms with Crippen LogP contribution in [0.15, 0.2) is 41.5 Å². The molecule has 0 bridgehead atoms. The Balaban J connectivity index is 1.93. The van der Waals surface area contributed by atoms with E-state index in [-0.39, 0.29) is 0 Å². The lowest BCUT2D eigenvalue weighted by Crippen LogP contribution is -2.19. The second kappa shape index (κ2) is 5.57. The SMILES string of the molecule is COc1cc(=C2C=c3ccccc3=N2)[nH]/c1=C/c1[nH]cc(C)c1C. The van der Waals surface area contributed by atoms with E-state index in [0.717, 1.165) is 38.4 Å². The van der Waals surface area contributed by atoms with E-state index in [9.17, 15) is 0 Å². The predicted molar refractivity (Wildman–Crippen MR) is 95.5 cm³/mol. The average Bonchev–Trinajstić information content (AvgIpc) is 3.27. The third-order valence-electron chi connectivity index (χ3n) is 4.50. The number of rotatable bonds is 2. The van der Waals surface area contributed by atoms with Crippen molar-refractivity contribution in [3.05, 3.63) is 74.6 Å². The van der Waals surface area contributed by atoms with Gasteiger partial charge in [0, 0.05) is 23.2 Å². The van der Waals surface area contributed by atoms with Gasteiger partial charge in [-0.1, -0.05) is 18.2 Å². The van der Waals surface area contributed by atoms with Crippen LogP contribution in [0.4, 0.5) is 0 Å². The van der Waals surface area contributed by atoms with E-state index in [2.05, 4.69) is 42.0 Å². The molecule has 0 fully saturated rings. The standard InChI is InChI=1S/C20H19N3O/c1-12-11-21-16(13(12)2)9-19-20(24-3)10-18(23-19)17-8-14-6-4-5-7-15(14)22-17/h4-11,21,23H,1-3H3/b18-17?,19-9+. The molecule has 4 nitrogen and oxygen atoms in total. The van der Waals surface area contributed by atoms with Crippen molar-refractivity contribution in [3.8, 4) is 5.75 Å². The Morgan fingerprint density at radius 2 is 2.00 bits per heavy atom. The molecule has 1 aromatic carbocycles. The van der Waals surface area contributed by atoms with Gasteiger partial charge in [-0.2, -0.15) is 0 Å². The first kappa shape index (κ1) is 14.6. The Hall–Kier alpha value is -3.01. The second-order valence-corrected chi connectivity index (χ2v) is 6.02. The number of nitrogens with one attached hydrogen (secondary N) is 2. The summed E-state index contributed by atoms with van der Waals surface area (Å²) in [6, 6.07) is 10.1. The van der Waals surface area contributed by atoms with Gasteiger partial charge < -0.3 is 14.7 Å². The molecule has 0 saturated heterocycles. The van der Waals surface area contributed by atoms with E-state index in [1.54, 1.807) is 7.11 Å². The van der Waals surface area contributed by atoms with Crippen molar-refractivity contribution in [1.29, 1.82) is 0 Å². The topological polar surface area (TPSA) is 53.2 Å². The fourth-order valence-electron chi connectivity index (χ4n) is 2.93. The molecule has 2 aromatic heterocycles. The molecule has 120 valence electrons. The summed E-state index contributed by atoms with van der Waals surface area (Å²) in [7, 11) is 1.69. The van der Waals surface area contributed by atoms with Crippen LogP contribution in [0, 0.1) is 13.8 Å². The number of fused-ring (bicyclic) bond motifs is 1. The minimum atomic E-state index is 0.809. The van der Waals surface area contributed by atoms with Crippen LogP contribution < -0.4 is 26.0 Å². The van der Waals surface area contributed by atoms with Crippen LogP contribution in [0.25, 0.3) is 17.8 Å². The number of benzene rings is 1. The summed E-state index contributed by atoms with van der Waals surface area (Å²) >= 11 is 0. The zero-order chi connectivity index (χ0) is 16.7. The van der Waals surface area contributed by atoms with E-state index >= 15 is 0 Å². The number of aryl methyl sites for hydroxylation is 1. The van der Waals surface area contributed by atoms with Crippen LogP contribution in [0.2, 0.25) is 0 Å². The number of hydrogen-bond donors (Lipinski definition) is 2. The molecule has 4 heteroatoms. The van der Waals surface area contributed by atoms with Gasteiger partial charge >= 0.3 is 0 Å². The van der Waals surface area contributed by atoms with Crippen molar-refractivity contribution < 1.29 is 4.74 Å². The molecule has 0 aliphatic carbocycles. The van der Waals surface area contributed by atoms with Crippen LogP contribution in [-0.4, -0.2) is 17.1 Å². The van der Waals surface area contributed by atoms with Gasteiger partial charge in [0.15, 0.2) is 0 Å². The maximum Gasteiger partial charge on any atom is 0.144 e. The Kier molecular flexibility index (Phi) is 3.38. The number of ether oxygens (including phenoxy) is 1. The summed E-state index contributed by atoms with van der Waals surface area (Å²) in [4.78, 5) is 11.4. The van der Waals surface area contributed by atoms with Crippen LogP contribution >= 0.6 is 0 Å². The molecule has 3 aromatic rings. The number of nitrogens with zero attached hydrogens (tertiary/aromatic N) is 1. The van der Waals surface area contributed by atoms with Crippen LogP contribution in [0.1, 0.15) is 16.8 Å². The highest BCUT2D eigenvalue weighted by molar-refractivity contribution is 5.76. The summed E-state index contributed by atoms with van der Waals surface area (Å²) in [6.07, 6.45) is 6.19. The second-order valence-electron chi connectivity index (χ2n) is 6.02. The third-order valence-corrected chi connectivity index (χ3v) is 4.50. The molecule has 24 heavy (non-hydrogen) atoms. The Labute approximate surface area is 139 Å². The van der Waals surface area contributed by atoms with Crippen molar-refractivity contribution >= 4 is 17.8 Å². The lowest BCUT2D eigenvalue weighted by atomic mass is 10.2. The van der Waals surface area contributed by atoms with Gasteiger partial charge in [-0.15, -0.1) is 0 Å². The Morgan fingerprint density at radius 1 is 1.17 bits per heavy atom. The van der Waals surface area contributed by atoms with Gasteiger partial charge in [-0.25, -0.2) is 4.99 Å². The number of aromatic amines is 2. The fraction of sp³-hybridized carbons (Fsp3) is 0.150. The molecular weight excluding hydrogens is 298 g/mol. The molecule has 2 N–H and O–H groups in total. The lowest BCUT2D eigenvalue weighted by molar-refractivity contribution is 0.412. The first-order valence-corrected chi connectivity index (χ1v) is 7.95. The van der Waals surface area contributed by atoms with Crippen LogP contribution in [-0.2, 0) is 0 Å². The van der Waals surface area contributed by atoms with Gasteiger partial charge in [-0.05, 0) is 43.2 Å². The highest BCUT2D eigenvalue weighted by Gasteiger charge is 2.06. The number of methoxy groups -OCH3 is 1. The lowest BCUT2D eigenvalue weighted by Gasteiger charge is -1.95. The molecule has 1 aliphatic heterocycles. The van der Waals surface area contributed by atoms with Crippen molar-refractivity contribution in [3.63, 3.8) is 0 Å². The maximum absolute atomic E-state index is 5.54. The van der Waals surface area contributed by atoms with Crippen LogP contribution in [0.3, 0.4) is 0 Å². The third kappa shape index (κ3) is 2.36. The summed E-state index contributed by atoms with van der Waals surface area (Å²) in [5.74, 6) is 0.809. The maximum atomic E-state index is 5.54. The molecule has 0 unspecified atom stereocenters. The van der Waals surface area contributed by atoms with Gasteiger partial charge in [0.1, 0.15) is 5.75 Å². The van der Waals surface area contributed by atoms with E-state index in [1.165, 1.54) is 11.1 Å². The fourth-order valence-corrected chi connectivity index (χ4v) is 2.93. The molecular formula is C20H19N3O. The van der Waals surface area contributed by atoms with E-state index in [1.807, 2.05) is 30.5 Å². The van der Waals surface area contributed by atoms with Crippen molar-refractivity contribution in [1.82, 2.24) is 9.97 Å². The summed E-state index contributed by atoms with van der Waals surface area (Å²) in [6.45, 7) is 4.21. The Bertz CT molecular complexity index is 1130. The normalized spacial score (nSPS) is 15.9. The monoisotopic (exact) mass is 317 g/mol. The van der Waals surface area contributed by atoms with E-state index in [4.69, 9.17) is 9.73 Å². The molecule has 3 heterocycles. The molecule has 1 aliphatic rings. The molecule has 0 radical (unpaired) electrons. The molecule has 0 saturated carbocycles. The molecule has 0 atom stereocenters. The summed E-state index contributed by atoms with van der Waals surface area (Å²) in [5.41, 5.74) is 4.50. The van der Waals surface area contributed by atoms with Crippen molar-refractivity contribution in [2.24, 2.45) is 4.99 Å². The van der Waals surface area contributed by atoms with Crippen molar-refractivity contribution in [2.75, 3.05) is 7.11 Å². The van der Waals surface area contributed by atoms with Crippen LogP contribution in [0.5, 0.6) is 5.75 Å². The van der Waals surface area contributed by atoms with Gasteiger partial charge in [0.05, 0.1) is 28.9 Å². The highest BCUT2D eigenvalue weighted by Crippen LogP contribution is 2.12. The highest BCUT2D eigenvalue weighted by atomic mass is 16.5. The minimum absolute atomic E-state index is 0.809. The first-order valence-electron chi connectivity index (χ1n) is 7.95. The quantitative estimate of drug-likeness (QED) is 0.728. The zero-order valence-electron chi connectivity index (χ0n) is 14.0. The number of aromatic nitrogens is 2. The van der Waals surface area contributed by atoms with E-state index in [0.29, 0.717) is 0 Å². The molecule has 0 spiro atoms. The first-order chi connectivity index (χ1) is 11.7. The molecule has 0 amide bonds. The van der Waals surface area contributed by atoms with Crippen molar-refractivity contribution in [2.45, 2.75) is 13.8 Å². The predicted octanol–water partition coefficient (Wildman–Crippen LogP) is 1.02. The molecule has 4 rings (SSSR count). The average molecular weight is 317 g/mol.